The summed E-state index contributed by atoms with van der Waals surface area (Å²) in [5.41, 5.74) is 0. The highest BCUT2D eigenvalue weighted by atomic mass is 32.2. The van der Waals surface area contributed by atoms with E-state index in [0.717, 1.165) is 31.3 Å². The second-order valence-corrected chi connectivity index (χ2v) is 5.99. The lowest BCUT2D eigenvalue weighted by Gasteiger charge is -2.14. The number of benzene rings is 1. The van der Waals surface area contributed by atoms with E-state index < -0.39 is 10.0 Å². The molecule has 0 radical (unpaired) electrons. The normalized spacial score (nSPS) is 14.3. The highest BCUT2D eigenvalue weighted by Gasteiger charge is 2.18. The number of carbonyl (C=O) groups is 1. The molecule has 1 aromatic carbocycles. The summed E-state index contributed by atoms with van der Waals surface area (Å²) < 4.78 is 24.0. The zero-order valence-corrected chi connectivity index (χ0v) is 12.2. The summed E-state index contributed by atoms with van der Waals surface area (Å²) in [5.74, 6) is -0.173. The van der Waals surface area contributed by atoms with Gasteiger partial charge >= 0.3 is 0 Å². The van der Waals surface area contributed by atoms with Crippen molar-refractivity contribution < 1.29 is 13.2 Å². The Morgan fingerprint density at radius 1 is 1.10 bits per heavy atom. The molecule has 0 aliphatic carbocycles. The minimum atomic E-state index is -3.48. The molecule has 1 aliphatic rings. The van der Waals surface area contributed by atoms with E-state index >= 15 is 0 Å². The van der Waals surface area contributed by atoms with E-state index in [0.29, 0.717) is 0 Å². The van der Waals surface area contributed by atoms with Crippen molar-refractivity contribution in [2.45, 2.75) is 12.8 Å². The highest BCUT2D eigenvalue weighted by molar-refractivity contribution is 7.92. The Hall–Kier alpha value is -1.66. The van der Waals surface area contributed by atoms with E-state index in [1.807, 2.05) is 36.4 Å². The van der Waals surface area contributed by atoms with Gasteiger partial charge in [-0.25, -0.2) is 13.1 Å². The number of sulfonamides is 1. The van der Waals surface area contributed by atoms with Crippen molar-refractivity contribution in [3.05, 3.63) is 48.4 Å². The van der Waals surface area contributed by atoms with Crippen molar-refractivity contribution in [2.75, 3.05) is 19.6 Å². The van der Waals surface area contributed by atoms with Gasteiger partial charge in [-0.1, -0.05) is 43.0 Å². The van der Waals surface area contributed by atoms with Gasteiger partial charge in [-0.3, -0.25) is 4.79 Å². The van der Waals surface area contributed by atoms with Crippen molar-refractivity contribution in [2.24, 2.45) is 0 Å². The van der Waals surface area contributed by atoms with Crippen LogP contribution in [0, 0.1) is 0 Å². The van der Waals surface area contributed by atoms with Gasteiger partial charge in [-0.2, -0.15) is 0 Å². The lowest BCUT2D eigenvalue weighted by molar-refractivity contribution is -0.128. The van der Waals surface area contributed by atoms with E-state index in [9.17, 15) is 13.2 Å². The topological polar surface area (TPSA) is 66.5 Å². The van der Waals surface area contributed by atoms with E-state index in [2.05, 4.69) is 11.3 Å². The Bertz CT molecular complexity index is 482. The molecule has 1 heterocycles. The SMILES string of the molecule is C=CS(=O)(=O)NCC(=O)N1CCCC1.c1ccccc1. The lowest BCUT2D eigenvalue weighted by atomic mass is 10.4. The molecular formula is C14H20N2O3S. The van der Waals surface area contributed by atoms with Crippen LogP contribution in [0.4, 0.5) is 0 Å². The predicted octanol–water partition coefficient (Wildman–Crippen LogP) is 1.36. The summed E-state index contributed by atoms with van der Waals surface area (Å²) in [6, 6.07) is 12.0. The largest absolute Gasteiger partial charge is 0.342 e. The number of nitrogens with zero attached hydrogens (tertiary/aromatic N) is 1. The first-order chi connectivity index (χ1) is 9.55. The van der Waals surface area contributed by atoms with Crippen molar-refractivity contribution in [1.29, 1.82) is 0 Å². The molecular weight excluding hydrogens is 276 g/mol. The summed E-state index contributed by atoms with van der Waals surface area (Å²) in [5, 5.41) is 0.796. The number of amides is 1. The second-order valence-electron chi connectivity index (χ2n) is 4.28. The predicted molar refractivity (Wildman–Crippen MR) is 79.4 cm³/mol. The zero-order chi connectivity index (χ0) is 14.8. The Morgan fingerprint density at radius 3 is 1.95 bits per heavy atom. The standard InChI is InChI=1S/C8H14N2O3S.C6H6/c1-2-14(12,13)9-7-8(11)10-5-3-4-6-10;1-2-4-6-5-3-1/h2,9H,1,3-7H2;1-6H. The van der Waals surface area contributed by atoms with Crippen LogP contribution in [0.25, 0.3) is 0 Å². The van der Waals surface area contributed by atoms with E-state index in [-0.39, 0.29) is 12.5 Å². The minimum absolute atomic E-state index is 0.172. The van der Waals surface area contributed by atoms with E-state index in [4.69, 9.17) is 0 Å². The first-order valence-corrected chi connectivity index (χ1v) is 8.00. The Kier molecular flexibility index (Phi) is 6.97. The number of hydrogen-bond donors (Lipinski definition) is 1. The quantitative estimate of drug-likeness (QED) is 0.912. The molecule has 20 heavy (non-hydrogen) atoms. The van der Waals surface area contributed by atoms with Crippen LogP contribution in [0.3, 0.4) is 0 Å². The van der Waals surface area contributed by atoms with Gasteiger partial charge in [-0.05, 0) is 12.8 Å². The molecule has 0 saturated carbocycles. The van der Waals surface area contributed by atoms with Gasteiger partial charge in [0, 0.05) is 18.5 Å². The summed E-state index contributed by atoms with van der Waals surface area (Å²) in [4.78, 5) is 13.0. The third-order valence-electron chi connectivity index (χ3n) is 2.77. The molecule has 0 spiro atoms. The molecule has 0 aromatic heterocycles. The number of nitrogens with one attached hydrogen (secondary N) is 1. The van der Waals surface area contributed by atoms with Crippen LogP contribution in [-0.2, 0) is 14.8 Å². The minimum Gasteiger partial charge on any atom is -0.342 e. The molecule has 110 valence electrons. The maximum Gasteiger partial charge on any atom is 0.237 e. The number of hydrogen-bond acceptors (Lipinski definition) is 3. The van der Waals surface area contributed by atoms with Gasteiger partial charge in [0.25, 0.3) is 0 Å². The fourth-order valence-electron chi connectivity index (χ4n) is 1.68. The smallest absolute Gasteiger partial charge is 0.237 e. The fourth-order valence-corrected chi connectivity index (χ4v) is 2.13. The fraction of sp³-hybridized carbons (Fsp3) is 0.357. The van der Waals surface area contributed by atoms with E-state index in [1.165, 1.54) is 0 Å². The monoisotopic (exact) mass is 296 g/mol. The van der Waals surface area contributed by atoms with Gasteiger partial charge in [0.1, 0.15) is 0 Å². The van der Waals surface area contributed by atoms with E-state index in [1.54, 1.807) is 4.90 Å². The van der Waals surface area contributed by atoms with Crippen molar-refractivity contribution >= 4 is 15.9 Å². The molecule has 1 fully saturated rings. The molecule has 1 aliphatic heterocycles. The van der Waals surface area contributed by atoms with Gasteiger partial charge in [0.15, 0.2) is 0 Å². The number of carbonyl (C=O) groups excluding carboxylic acids is 1. The van der Waals surface area contributed by atoms with Crippen LogP contribution >= 0.6 is 0 Å². The second kappa shape index (κ2) is 8.50. The van der Waals surface area contributed by atoms with Crippen LogP contribution in [0.5, 0.6) is 0 Å². The third-order valence-corrected chi connectivity index (χ3v) is 3.75. The molecule has 1 amide bonds. The number of likely N-dealkylation sites (tertiary alicyclic amines) is 1. The van der Waals surface area contributed by atoms with Gasteiger partial charge < -0.3 is 4.90 Å². The molecule has 5 nitrogen and oxygen atoms in total. The Labute approximate surface area is 120 Å². The maximum atomic E-state index is 11.4. The van der Waals surface area contributed by atoms with Gasteiger partial charge in [0.2, 0.25) is 15.9 Å². The molecule has 0 atom stereocenters. The number of rotatable bonds is 4. The van der Waals surface area contributed by atoms with Crippen molar-refractivity contribution in [3.8, 4) is 0 Å². The first kappa shape index (κ1) is 16.4. The van der Waals surface area contributed by atoms with Crippen LogP contribution in [0.1, 0.15) is 12.8 Å². The molecule has 6 heteroatoms. The molecule has 1 N–H and O–H groups in total. The van der Waals surface area contributed by atoms with Gasteiger partial charge in [-0.15, -0.1) is 0 Å². The molecule has 1 saturated heterocycles. The van der Waals surface area contributed by atoms with Crippen LogP contribution in [-0.4, -0.2) is 38.9 Å². The van der Waals surface area contributed by atoms with Crippen molar-refractivity contribution in [1.82, 2.24) is 9.62 Å². The van der Waals surface area contributed by atoms with Crippen LogP contribution < -0.4 is 4.72 Å². The molecule has 0 bridgehead atoms. The molecule has 1 aromatic rings. The molecule has 2 rings (SSSR count). The summed E-state index contributed by atoms with van der Waals surface area (Å²) >= 11 is 0. The zero-order valence-electron chi connectivity index (χ0n) is 11.4. The lowest BCUT2D eigenvalue weighted by Crippen LogP contribution is -2.37. The van der Waals surface area contributed by atoms with Crippen LogP contribution in [0.15, 0.2) is 48.4 Å². The van der Waals surface area contributed by atoms with Crippen LogP contribution in [0.2, 0.25) is 0 Å². The summed E-state index contributed by atoms with van der Waals surface area (Å²) in [7, 11) is -3.48. The first-order valence-electron chi connectivity index (χ1n) is 6.45. The highest BCUT2D eigenvalue weighted by Crippen LogP contribution is 2.06. The Balaban J connectivity index is 0.000000276. The average molecular weight is 296 g/mol. The average Bonchev–Trinajstić information content (AvgIpc) is 3.02. The van der Waals surface area contributed by atoms with Gasteiger partial charge in [0.05, 0.1) is 6.54 Å². The maximum absolute atomic E-state index is 11.4. The summed E-state index contributed by atoms with van der Waals surface area (Å²) in [6.07, 6.45) is 2.00. The summed E-state index contributed by atoms with van der Waals surface area (Å²) in [6.45, 7) is 4.42. The molecule has 0 unspecified atom stereocenters. The van der Waals surface area contributed by atoms with Crippen molar-refractivity contribution in [3.63, 3.8) is 0 Å². The Morgan fingerprint density at radius 2 is 1.55 bits per heavy atom. The third kappa shape index (κ3) is 6.49.